The Kier molecular flexibility index (Phi) is 5.19. The molecule has 1 saturated carbocycles. The molecule has 1 fully saturated rings. The Balaban J connectivity index is 1.80. The average Bonchev–Trinajstić information content (AvgIpc) is 3.32. The number of halogens is 1. The lowest BCUT2D eigenvalue weighted by molar-refractivity contribution is -0.0605. The van der Waals surface area contributed by atoms with Crippen LogP contribution in [0, 0.1) is 5.92 Å². The van der Waals surface area contributed by atoms with Crippen LogP contribution in [-0.4, -0.2) is 43.3 Å². The van der Waals surface area contributed by atoms with Gasteiger partial charge in [-0.05, 0) is 32.4 Å². The van der Waals surface area contributed by atoms with Crippen LogP contribution >= 0.6 is 0 Å². The van der Waals surface area contributed by atoms with Gasteiger partial charge in [-0.3, -0.25) is 9.78 Å². The van der Waals surface area contributed by atoms with Gasteiger partial charge in [0.2, 0.25) is 5.95 Å². The van der Waals surface area contributed by atoms with E-state index in [-0.39, 0.29) is 36.9 Å². The highest BCUT2D eigenvalue weighted by atomic mass is 19.1. The highest BCUT2D eigenvalue weighted by Gasteiger charge is 2.61. The topological polar surface area (TPSA) is 102 Å². The van der Waals surface area contributed by atoms with Crippen LogP contribution in [-0.2, 0) is 4.74 Å². The SMILES string of the molecule is [3H]CCNc1nc2c(ncn2[C@@H]2C[C@](F)(CC)[C@@H](C)[C@@]2(C)OC(=O)c2ccccc2)c(=O)[nH]1. The summed E-state index contributed by atoms with van der Waals surface area (Å²) in [5.41, 5.74) is -2.48. The molecule has 1 aliphatic rings. The van der Waals surface area contributed by atoms with E-state index in [9.17, 15) is 9.59 Å². The van der Waals surface area contributed by atoms with Gasteiger partial charge >= 0.3 is 5.97 Å². The van der Waals surface area contributed by atoms with E-state index in [4.69, 9.17) is 6.11 Å². The van der Waals surface area contributed by atoms with E-state index in [1.807, 2.05) is 0 Å². The molecular formula is C23H28FN5O3. The van der Waals surface area contributed by atoms with Crippen molar-refractivity contribution < 1.29 is 15.3 Å². The number of fused-ring (bicyclic) bond motifs is 1. The third-order valence-electron chi connectivity index (χ3n) is 6.80. The van der Waals surface area contributed by atoms with Crippen molar-refractivity contribution in [2.24, 2.45) is 5.92 Å². The van der Waals surface area contributed by atoms with Crippen LogP contribution in [0.2, 0.25) is 0 Å². The molecule has 2 heterocycles. The zero-order chi connectivity index (χ0) is 23.8. The van der Waals surface area contributed by atoms with Crippen molar-refractivity contribution in [2.75, 3.05) is 11.9 Å². The third kappa shape index (κ3) is 3.45. The maximum atomic E-state index is 16.0. The number of hydrogen-bond acceptors (Lipinski definition) is 6. The van der Waals surface area contributed by atoms with E-state index in [1.165, 1.54) is 6.33 Å². The number of carbonyl (C=O) groups excluding carboxylic acids is 1. The standard InChI is InChI=1S/C23H28FN5O3/c1-5-23(24)12-16(22(4,14(23)3)32-20(31)15-10-8-7-9-11-15)29-13-26-17-18(29)27-21(25-6-2)28-19(17)30/h7-11,13-14,16H,5-6,12H2,1-4H3,(H2,25,27,28,30)/t14-,16+,22+,23+/m0/s1/i2T. The van der Waals surface area contributed by atoms with Crippen molar-refractivity contribution in [3.63, 3.8) is 0 Å². The fraction of sp³-hybridized carbons (Fsp3) is 0.478. The van der Waals surface area contributed by atoms with Gasteiger partial charge in [-0.2, -0.15) is 4.98 Å². The second-order valence-corrected chi connectivity index (χ2v) is 8.43. The predicted molar refractivity (Wildman–Crippen MR) is 120 cm³/mol. The summed E-state index contributed by atoms with van der Waals surface area (Å²) in [6.45, 7) is 5.67. The molecule has 0 saturated heterocycles. The molecule has 0 aliphatic heterocycles. The third-order valence-corrected chi connectivity index (χ3v) is 6.80. The number of anilines is 1. The number of hydrogen-bond donors (Lipinski definition) is 2. The van der Waals surface area contributed by atoms with Gasteiger partial charge in [0.25, 0.3) is 5.56 Å². The molecule has 2 aromatic heterocycles. The van der Waals surface area contributed by atoms with Gasteiger partial charge < -0.3 is 14.6 Å². The number of rotatable bonds is 6. The number of ether oxygens (including phenoxy) is 1. The average molecular weight is 444 g/mol. The van der Waals surface area contributed by atoms with Gasteiger partial charge in [-0.15, -0.1) is 0 Å². The van der Waals surface area contributed by atoms with Crippen molar-refractivity contribution in [3.05, 3.63) is 52.6 Å². The molecule has 1 aromatic carbocycles. The summed E-state index contributed by atoms with van der Waals surface area (Å²) < 4.78 is 31.0. The number of esters is 1. The molecule has 0 unspecified atom stereocenters. The molecule has 0 spiro atoms. The summed E-state index contributed by atoms with van der Waals surface area (Å²) in [6.07, 6.45) is 1.79. The molecule has 3 aromatic rings. The first-order valence-electron chi connectivity index (χ1n) is 11.4. The Bertz CT molecular complexity index is 1220. The van der Waals surface area contributed by atoms with Gasteiger partial charge in [-0.25, -0.2) is 14.2 Å². The summed E-state index contributed by atoms with van der Waals surface area (Å²) in [7, 11) is 0. The smallest absolute Gasteiger partial charge is 0.338 e. The van der Waals surface area contributed by atoms with Gasteiger partial charge in [0.15, 0.2) is 11.2 Å². The maximum Gasteiger partial charge on any atom is 0.338 e. The van der Waals surface area contributed by atoms with Crippen LogP contribution in [0.3, 0.4) is 0 Å². The summed E-state index contributed by atoms with van der Waals surface area (Å²) in [5, 5.41) is 2.89. The van der Waals surface area contributed by atoms with Crippen LogP contribution in [0.4, 0.5) is 10.3 Å². The molecular weight excluding hydrogens is 413 g/mol. The number of benzene rings is 1. The summed E-state index contributed by atoms with van der Waals surface area (Å²) in [4.78, 5) is 36.8. The normalized spacial score (nSPS) is 27.9. The van der Waals surface area contributed by atoms with E-state index in [0.29, 0.717) is 12.1 Å². The van der Waals surface area contributed by atoms with E-state index in [0.717, 1.165) is 0 Å². The summed E-state index contributed by atoms with van der Waals surface area (Å²) in [5.74, 6) is -0.950. The molecule has 1 aliphatic carbocycles. The summed E-state index contributed by atoms with van der Waals surface area (Å²) >= 11 is 0. The Morgan fingerprint density at radius 1 is 1.44 bits per heavy atom. The molecule has 170 valence electrons. The quantitative estimate of drug-likeness (QED) is 0.561. The first-order valence-corrected chi connectivity index (χ1v) is 10.7. The van der Waals surface area contributed by atoms with Crippen molar-refractivity contribution >= 4 is 23.1 Å². The Labute approximate surface area is 186 Å². The maximum absolute atomic E-state index is 16.0. The molecule has 4 rings (SSSR count). The number of carbonyl (C=O) groups is 1. The number of aromatic amines is 1. The fourth-order valence-electron chi connectivity index (χ4n) is 4.67. The van der Waals surface area contributed by atoms with Gasteiger partial charge in [0.05, 0.1) is 17.9 Å². The lowest BCUT2D eigenvalue weighted by Crippen LogP contribution is -2.44. The molecule has 0 bridgehead atoms. The molecule has 9 heteroatoms. The Hall–Kier alpha value is -3.23. The summed E-state index contributed by atoms with van der Waals surface area (Å²) in [6, 6.07) is 7.96. The molecule has 0 amide bonds. The van der Waals surface area contributed by atoms with Crippen LogP contribution in [0.1, 0.15) is 58.3 Å². The highest BCUT2D eigenvalue weighted by Crippen LogP contribution is 2.55. The molecule has 4 atom stereocenters. The van der Waals surface area contributed by atoms with Crippen molar-refractivity contribution in [2.45, 2.75) is 57.8 Å². The van der Waals surface area contributed by atoms with Crippen LogP contribution < -0.4 is 10.9 Å². The minimum Gasteiger partial charge on any atom is -0.453 e. The van der Waals surface area contributed by atoms with Gasteiger partial charge in [0, 0.05) is 20.3 Å². The number of aromatic nitrogens is 4. The van der Waals surface area contributed by atoms with Gasteiger partial charge in [-0.1, -0.05) is 32.0 Å². The number of imidazole rings is 1. The van der Waals surface area contributed by atoms with E-state index in [2.05, 4.69) is 20.3 Å². The van der Waals surface area contributed by atoms with Crippen molar-refractivity contribution in [1.29, 1.82) is 0 Å². The molecule has 8 nitrogen and oxygen atoms in total. The number of nitrogens with one attached hydrogen (secondary N) is 2. The van der Waals surface area contributed by atoms with Crippen LogP contribution in [0.5, 0.6) is 0 Å². The predicted octanol–water partition coefficient (Wildman–Crippen LogP) is 3.87. The van der Waals surface area contributed by atoms with Crippen LogP contribution in [0.15, 0.2) is 41.5 Å². The second kappa shape index (κ2) is 8.03. The number of alkyl halides is 1. The monoisotopic (exact) mass is 443 g/mol. The molecule has 0 radical (unpaired) electrons. The number of H-pyrrole nitrogens is 1. The van der Waals surface area contributed by atoms with Crippen molar-refractivity contribution in [1.82, 2.24) is 19.5 Å². The molecule has 2 N–H and O–H groups in total. The fourth-order valence-corrected chi connectivity index (χ4v) is 4.67. The van der Waals surface area contributed by atoms with Gasteiger partial charge in [0.1, 0.15) is 11.3 Å². The first-order chi connectivity index (χ1) is 15.7. The number of nitrogens with zero attached hydrogens (tertiary/aromatic N) is 3. The van der Waals surface area contributed by atoms with E-state index in [1.54, 1.807) is 55.7 Å². The Morgan fingerprint density at radius 3 is 2.88 bits per heavy atom. The first kappa shape index (κ1) is 20.7. The van der Waals surface area contributed by atoms with Crippen LogP contribution in [0.25, 0.3) is 11.2 Å². The lowest BCUT2D eigenvalue weighted by atomic mass is 9.84. The van der Waals surface area contributed by atoms with E-state index < -0.39 is 34.8 Å². The molecule has 32 heavy (non-hydrogen) atoms. The second-order valence-electron chi connectivity index (χ2n) is 8.43. The van der Waals surface area contributed by atoms with E-state index >= 15 is 4.39 Å². The lowest BCUT2D eigenvalue weighted by Gasteiger charge is -2.36. The minimum atomic E-state index is -1.58. The van der Waals surface area contributed by atoms with Crippen molar-refractivity contribution in [3.8, 4) is 0 Å². The Morgan fingerprint density at radius 2 is 2.19 bits per heavy atom. The minimum absolute atomic E-state index is 0.0820. The zero-order valence-corrected chi connectivity index (χ0v) is 18.4. The largest absolute Gasteiger partial charge is 0.453 e. The highest BCUT2D eigenvalue weighted by molar-refractivity contribution is 5.89. The zero-order valence-electron chi connectivity index (χ0n) is 19.4.